The van der Waals surface area contributed by atoms with Crippen LogP contribution in [-0.4, -0.2) is 19.6 Å². The molecule has 16 heavy (non-hydrogen) atoms. The number of benzene rings is 1. The Morgan fingerprint density at radius 3 is 2.69 bits per heavy atom. The van der Waals surface area contributed by atoms with E-state index in [0.717, 1.165) is 11.1 Å². The largest absolute Gasteiger partial charge is 0.496 e. The van der Waals surface area contributed by atoms with Crippen molar-refractivity contribution in [3.63, 3.8) is 0 Å². The predicted octanol–water partition coefficient (Wildman–Crippen LogP) is 1.68. The Kier molecular flexibility index (Phi) is 3.96. The van der Waals surface area contributed by atoms with Crippen LogP contribution in [0.2, 0.25) is 0 Å². The topological polar surface area (TPSA) is 38.3 Å². The third-order valence-corrected chi connectivity index (χ3v) is 2.34. The summed E-state index contributed by atoms with van der Waals surface area (Å²) in [6.45, 7) is 4.06. The van der Waals surface area contributed by atoms with Gasteiger partial charge in [-0.3, -0.25) is 4.79 Å². The van der Waals surface area contributed by atoms with E-state index in [-0.39, 0.29) is 12.5 Å². The summed E-state index contributed by atoms with van der Waals surface area (Å²) >= 11 is 0. The highest BCUT2D eigenvalue weighted by Gasteiger charge is 2.11. The minimum atomic E-state index is -0.172. The second-order valence-corrected chi connectivity index (χ2v) is 3.52. The summed E-state index contributed by atoms with van der Waals surface area (Å²) in [4.78, 5) is 11.7. The molecular weight excluding hydrogens is 202 g/mol. The number of carbonyl (C=O) groups excluding carboxylic acids is 1. The number of rotatable bonds is 3. The lowest BCUT2D eigenvalue weighted by Crippen LogP contribution is -2.24. The summed E-state index contributed by atoms with van der Waals surface area (Å²) < 4.78 is 5.17. The molecule has 0 fully saturated rings. The zero-order valence-electron chi connectivity index (χ0n) is 9.76. The molecule has 1 aromatic carbocycles. The van der Waals surface area contributed by atoms with Gasteiger partial charge in [-0.25, -0.2) is 0 Å². The lowest BCUT2D eigenvalue weighted by Gasteiger charge is -2.10. The minimum absolute atomic E-state index is 0.172. The van der Waals surface area contributed by atoms with Crippen LogP contribution in [0.4, 0.5) is 0 Å². The number of nitrogens with one attached hydrogen (secondary N) is 1. The Labute approximate surface area is 95.8 Å². The Hall–Kier alpha value is -1.95. The molecule has 1 amide bonds. The third kappa shape index (κ3) is 2.54. The fourth-order valence-electron chi connectivity index (χ4n) is 1.52. The molecule has 0 bridgehead atoms. The van der Waals surface area contributed by atoms with Gasteiger partial charge in [-0.05, 0) is 31.0 Å². The maximum atomic E-state index is 11.7. The molecule has 0 saturated carbocycles. The van der Waals surface area contributed by atoms with Crippen molar-refractivity contribution < 1.29 is 9.53 Å². The van der Waals surface area contributed by atoms with Crippen LogP contribution < -0.4 is 10.1 Å². The number of methoxy groups -OCH3 is 1. The summed E-state index contributed by atoms with van der Waals surface area (Å²) in [6.07, 6.45) is 5.08. The molecule has 84 valence electrons. The number of aryl methyl sites for hydroxylation is 2. The quantitative estimate of drug-likeness (QED) is 0.782. The van der Waals surface area contributed by atoms with Gasteiger partial charge in [0.1, 0.15) is 5.75 Å². The van der Waals surface area contributed by atoms with Gasteiger partial charge in [-0.1, -0.05) is 12.0 Å². The van der Waals surface area contributed by atoms with Crippen LogP contribution >= 0.6 is 0 Å². The molecule has 0 heterocycles. The van der Waals surface area contributed by atoms with E-state index in [2.05, 4.69) is 11.2 Å². The zero-order chi connectivity index (χ0) is 12.1. The maximum Gasteiger partial charge on any atom is 0.252 e. The van der Waals surface area contributed by atoms with Crippen LogP contribution in [0.25, 0.3) is 0 Å². The highest BCUT2D eigenvalue weighted by atomic mass is 16.5. The molecule has 0 aliphatic carbocycles. The van der Waals surface area contributed by atoms with E-state index in [1.807, 2.05) is 19.9 Å². The van der Waals surface area contributed by atoms with Crippen LogP contribution in [0.15, 0.2) is 12.1 Å². The number of hydrogen-bond acceptors (Lipinski definition) is 2. The van der Waals surface area contributed by atoms with E-state index in [1.54, 1.807) is 13.2 Å². The van der Waals surface area contributed by atoms with Crippen molar-refractivity contribution >= 4 is 5.91 Å². The van der Waals surface area contributed by atoms with E-state index in [1.165, 1.54) is 0 Å². The first-order chi connectivity index (χ1) is 7.60. The van der Waals surface area contributed by atoms with E-state index in [0.29, 0.717) is 11.3 Å². The lowest BCUT2D eigenvalue weighted by molar-refractivity contribution is 0.0957. The molecule has 0 aromatic heterocycles. The first-order valence-electron chi connectivity index (χ1n) is 4.97. The molecule has 1 N–H and O–H groups in total. The van der Waals surface area contributed by atoms with Gasteiger partial charge in [-0.2, -0.15) is 0 Å². The molecule has 1 aromatic rings. The predicted molar refractivity (Wildman–Crippen MR) is 63.6 cm³/mol. The normalized spacial score (nSPS) is 9.38. The molecule has 0 radical (unpaired) electrons. The van der Waals surface area contributed by atoms with Gasteiger partial charge in [0.25, 0.3) is 5.91 Å². The summed E-state index contributed by atoms with van der Waals surface area (Å²) in [5, 5.41) is 2.63. The number of amides is 1. The Morgan fingerprint density at radius 1 is 1.44 bits per heavy atom. The molecule has 0 aliphatic heterocycles. The average Bonchev–Trinajstić information content (AvgIpc) is 2.26. The molecule has 3 nitrogen and oxygen atoms in total. The van der Waals surface area contributed by atoms with Gasteiger partial charge >= 0.3 is 0 Å². The van der Waals surface area contributed by atoms with Crippen molar-refractivity contribution in [1.29, 1.82) is 0 Å². The third-order valence-electron chi connectivity index (χ3n) is 2.34. The molecule has 0 atom stereocenters. The SMILES string of the molecule is C#CCNC(=O)c1cc(OC)c(C)cc1C. The lowest BCUT2D eigenvalue weighted by atomic mass is 10.0. The van der Waals surface area contributed by atoms with Gasteiger partial charge in [0.15, 0.2) is 0 Å². The van der Waals surface area contributed by atoms with Crippen LogP contribution in [0, 0.1) is 26.2 Å². The molecule has 0 aliphatic rings. The summed E-state index contributed by atoms with van der Waals surface area (Å²) in [7, 11) is 1.58. The summed E-state index contributed by atoms with van der Waals surface area (Å²) in [5.74, 6) is 2.90. The van der Waals surface area contributed by atoms with Crippen molar-refractivity contribution in [2.24, 2.45) is 0 Å². The molecular formula is C13H15NO2. The van der Waals surface area contributed by atoms with Crippen molar-refractivity contribution in [2.45, 2.75) is 13.8 Å². The minimum Gasteiger partial charge on any atom is -0.496 e. The Balaban J connectivity index is 3.04. The fraction of sp³-hybridized carbons (Fsp3) is 0.308. The smallest absolute Gasteiger partial charge is 0.252 e. The number of carbonyl (C=O) groups is 1. The van der Waals surface area contributed by atoms with Gasteiger partial charge < -0.3 is 10.1 Å². The average molecular weight is 217 g/mol. The van der Waals surface area contributed by atoms with E-state index in [9.17, 15) is 4.79 Å². The molecule has 1 rings (SSSR count). The van der Waals surface area contributed by atoms with E-state index >= 15 is 0 Å². The molecule has 0 spiro atoms. The van der Waals surface area contributed by atoms with Crippen LogP contribution in [0.1, 0.15) is 21.5 Å². The van der Waals surface area contributed by atoms with E-state index < -0.39 is 0 Å². The van der Waals surface area contributed by atoms with Crippen molar-refractivity contribution in [3.8, 4) is 18.1 Å². The van der Waals surface area contributed by atoms with Crippen molar-refractivity contribution in [1.82, 2.24) is 5.32 Å². The van der Waals surface area contributed by atoms with Crippen LogP contribution in [0.5, 0.6) is 5.75 Å². The summed E-state index contributed by atoms with van der Waals surface area (Å²) in [5.41, 5.74) is 2.51. The number of hydrogen-bond donors (Lipinski definition) is 1. The highest BCUT2D eigenvalue weighted by molar-refractivity contribution is 5.96. The van der Waals surface area contributed by atoms with Crippen molar-refractivity contribution in [3.05, 3.63) is 28.8 Å². The first kappa shape index (κ1) is 12.1. The number of ether oxygens (including phenoxy) is 1. The highest BCUT2D eigenvalue weighted by Crippen LogP contribution is 2.22. The van der Waals surface area contributed by atoms with Gasteiger partial charge in [0.2, 0.25) is 0 Å². The molecule has 3 heteroatoms. The Bertz CT molecular complexity index is 444. The standard InChI is InChI=1S/C13H15NO2/c1-5-6-14-13(15)11-8-12(16-4)10(3)7-9(11)2/h1,7-8H,6H2,2-4H3,(H,14,15). The van der Waals surface area contributed by atoms with E-state index in [4.69, 9.17) is 11.2 Å². The first-order valence-corrected chi connectivity index (χ1v) is 4.97. The van der Waals surface area contributed by atoms with Gasteiger partial charge in [0, 0.05) is 5.56 Å². The van der Waals surface area contributed by atoms with Crippen LogP contribution in [0.3, 0.4) is 0 Å². The Morgan fingerprint density at radius 2 is 2.12 bits per heavy atom. The molecule has 0 saturated heterocycles. The van der Waals surface area contributed by atoms with Crippen molar-refractivity contribution in [2.75, 3.05) is 13.7 Å². The maximum absolute atomic E-state index is 11.7. The summed E-state index contributed by atoms with van der Waals surface area (Å²) in [6, 6.07) is 3.65. The van der Waals surface area contributed by atoms with Crippen LogP contribution in [-0.2, 0) is 0 Å². The number of terminal acetylenes is 1. The zero-order valence-corrected chi connectivity index (χ0v) is 9.76. The second kappa shape index (κ2) is 5.22. The molecule has 0 unspecified atom stereocenters. The van der Waals surface area contributed by atoms with Gasteiger partial charge in [0.05, 0.1) is 13.7 Å². The monoisotopic (exact) mass is 217 g/mol. The van der Waals surface area contributed by atoms with Gasteiger partial charge in [-0.15, -0.1) is 6.42 Å². The fourth-order valence-corrected chi connectivity index (χ4v) is 1.52. The second-order valence-electron chi connectivity index (χ2n) is 3.52.